The van der Waals surface area contributed by atoms with E-state index in [4.69, 9.17) is 21.4 Å². The molecule has 98 valence electrons. The molecule has 0 aromatic heterocycles. The van der Waals surface area contributed by atoms with E-state index in [0.717, 1.165) is 4.90 Å². The first kappa shape index (κ1) is 14.3. The maximum absolute atomic E-state index is 11.8. The Bertz CT molecular complexity index is 461. The normalized spacial score (nSPS) is 9.94. The molecule has 0 radical (unpaired) electrons. The Morgan fingerprint density at radius 1 is 1.44 bits per heavy atom. The molecule has 1 rings (SSSR count). The van der Waals surface area contributed by atoms with Gasteiger partial charge in [0.05, 0.1) is 13.5 Å². The van der Waals surface area contributed by atoms with Gasteiger partial charge >= 0.3 is 5.97 Å². The number of benzene rings is 1. The van der Waals surface area contributed by atoms with Crippen molar-refractivity contribution in [2.75, 3.05) is 20.7 Å². The molecule has 1 aromatic carbocycles. The van der Waals surface area contributed by atoms with Gasteiger partial charge in [-0.05, 0) is 18.2 Å². The van der Waals surface area contributed by atoms with E-state index in [-0.39, 0.29) is 18.9 Å². The number of carbonyl (C=O) groups is 2. The predicted octanol–water partition coefficient (Wildman–Crippen LogP) is 1.43. The van der Waals surface area contributed by atoms with Gasteiger partial charge in [-0.2, -0.15) is 0 Å². The first-order chi connectivity index (χ1) is 8.43. The highest BCUT2D eigenvalue weighted by atomic mass is 35.5. The number of carbonyl (C=O) groups excluding carboxylic acids is 1. The van der Waals surface area contributed by atoms with Crippen molar-refractivity contribution in [1.29, 1.82) is 0 Å². The number of hydrogen-bond acceptors (Lipinski definition) is 3. The predicted molar refractivity (Wildman–Crippen MR) is 67.0 cm³/mol. The quantitative estimate of drug-likeness (QED) is 0.880. The molecule has 0 atom stereocenters. The average molecular weight is 272 g/mol. The number of rotatable bonds is 5. The Kier molecular flexibility index (Phi) is 4.97. The molecule has 0 aliphatic heterocycles. The number of aliphatic carboxylic acids is 1. The first-order valence-corrected chi connectivity index (χ1v) is 5.60. The van der Waals surface area contributed by atoms with Gasteiger partial charge in [0.2, 0.25) is 5.91 Å². The van der Waals surface area contributed by atoms with Crippen LogP contribution < -0.4 is 4.74 Å². The van der Waals surface area contributed by atoms with Crippen LogP contribution in [-0.4, -0.2) is 42.6 Å². The lowest BCUT2D eigenvalue weighted by Gasteiger charge is -2.15. The highest BCUT2D eigenvalue weighted by Crippen LogP contribution is 2.23. The van der Waals surface area contributed by atoms with E-state index in [9.17, 15) is 9.59 Å². The van der Waals surface area contributed by atoms with Crippen molar-refractivity contribution in [2.45, 2.75) is 6.42 Å². The fourth-order valence-electron chi connectivity index (χ4n) is 1.47. The molecule has 0 fully saturated rings. The van der Waals surface area contributed by atoms with Crippen LogP contribution in [0.25, 0.3) is 0 Å². The molecular weight excluding hydrogens is 258 g/mol. The highest BCUT2D eigenvalue weighted by Gasteiger charge is 2.15. The van der Waals surface area contributed by atoms with Gasteiger partial charge in [0.25, 0.3) is 0 Å². The van der Waals surface area contributed by atoms with E-state index < -0.39 is 5.97 Å². The van der Waals surface area contributed by atoms with Crippen LogP contribution in [0.15, 0.2) is 18.2 Å². The fraction of sp³-hybridized carbons (Fsp3) is 0.333. The molecule has 0 spiro atoms. The standard InChI is InChI=1S/C12H14ClNO4/c1-14(7-12(16)17)11(15)6-8-5-9(13)3-4-10(8)18-2/h3-5H,6-7H2,1-2H3,(H,16,17). The Morgan fingerprint density at radius 2 is 2.11 bits per heavy atom. The minimum atomic E-state index is -1.05. The summed E-state index contributed by atoms with van der Waals surface area (Å²) in [5.74, 6) is -0.807. The van der Waals surface area contributed by atoms with Crippen LogP contribution in [0.3, 0.4) is 0 Å². The van der Waals surface area contributed by atoms with Crippen LogP contribution >= 0.6 is 11.6 Å². The maximum atomic E-state index is 11.8. The topological polar surface area (TPSA) is 66.8 Å². The number of ether oxygens (including phenoxy) is 1. The second-order valence-corrected chi connectivity index (χ2v) is 4.21. The Morgan fingerprint density at radius 3 is 2.67 bits per heavy atom. The summed E-state index contributed by atoms with van der Waals surface area (Å²) in [6.45, 7) is -0.332. The number of nitrogens with zero attached hydrogens (tertiary/aromatic N) is 1. The molecule has 0 aliphatic carbocycles. The lowest BCUT2D eigenvalue weighted by molar-refractivity contribution is -0.143. The minimum absolute atomic E-state index is 0.0491. The molecule has 0 saturated heterocycles. The van der Waals surface area contributed by atoms with Gasteiger partial charge in [-0.1, -0.05) is 11.6 Å². The number of likely N-dealkylation sites (N-methyl/N-ethyl adjacent to an activating group) is 1. The minimum Gasteiger partial charge on any atom is -0.496 e. The molecule has 18 heavy (non-hydrogen) atoms. The molecule has 1 aromatic rings. The molecular formula is C12H14ClNO4. The summed E-state index contributed by atoms with van der Waals surface area (Å²) in [6.07, 6.45) is 0.0491. The SMILES string of the molecule is COc1ccc(Cl)cc1CC(=O)N(C)CC(=O)O. The number of amides is 1. The third kappa shape index (κ3) is 3.92. The van der Waals surface area contributed by atoms with Crippen LogP contribution in [0.5, 0.6) is 5.75 Å². The van der Waals surface area contributed by atoms with Gasteiger partial charge < -0.3 is 14.7 Å². The summed E-state index contributed by atoms with van der Waals surface area (Å²) < 4.78 is 5.12. The summed E-state index contributed by atoms with van der Waals surface area (Å²) >= 11 is 5.85. The van der Waals surface area contributed by atoms with Crippen LogP contribution in [0.1, 0.15) is 5.56 Å². The number of carboxylic acids is 1. The van der Waals surface area contributed by atoms with Crippen molar-refractivity contribution in [3.8, 4) is 5.75 Å². The number of methoxy groups -OCH3 is 1. The molecule has 6 heteroatoms. The second kappa shape index (κ2) is 6.26. The van der Waals surface area contributed by atoms with Crippen molar-refractivity contribution < 1.29 is 19.4 Å². The molecule has 0 saturated carbocycles. The summed E-state index contributed by atoms with van der Waals surface area (Å²) in [6, 6.07) is 4.96. The molecule has 5 nitrogen and oxygen atoms in total. The van der Waals surface area contributed by atoms with Crippen LogP contribution in [0.4, 0.5) is 0 Å². The van der Waals surface area contributed by atoms with E-state index in [1.54, 1.807) is 18.2 Å². The molecule has 0 heterocycles. The van der Waals surface area contributed by atoms with E-state index in [2.05, 4.69) is 0 Å². The average Bonchev–Trinajstić information content (AvgIpc) is 2.28. The van der Waals surface area contributed by atoms with Gasteiger partial charge in [-0.3, -0.25) is 9.59 Å². The van der Waals surface area contributed by atoms with Crippen molar-refractivity contribution in [3.63, 3.8) is 0 Å². The second-order valence-electron chi connectivity index (χ2n) is 3.78. The molecule has 0 unspecified atom stereocenters. The summed E-state index contributed by atoms with van der Waals surface area (Å²) in [5.41, 5.74) is 0.632. The summed E-state index contributed by atoms with van der Waals surface area (Å²) in [4.78, 5) is 23.4. The van der Waals surface area contributed by atoms with Crippen molar-refractivity contribution in [3.05, 3.63) is 28.8 Å². The zero-order chi connectivity index (χ0) is 13.7. The fourth-order valence-corrected chi connectivity index (χ4v) is 1.67. The van der Waals surface area contributed by atoms with Gasteiger partial charge in [0, 0.05) is 17.6 Å². The Labute approximate surface area is 110 Å². The summed E-state index contributed by atoms with van der Waals surface area (Å²) in [7, 11) is 2.94. The lowest BCUT2D eigenvalue weighted by Crippen LogP contribution is -2.33. The number of hydrogen-bond donors (Lipinski definition) is 1. The van der Waals surface area contributed by atoms with Gasteiger partial charge in [0.1, 0.15) is 12.3 Å². The lowest BCUT2D eigenvalue weighted by atomic mass is 10.1. The molecule has 1 N–H and O–H groups in total. The monoisotopic (exact) mass is 271 g/mol. The third-order valence-electron chi connectivity index (χ3n) is 2.38. The van der Waals surface area contributed by atoms with Gasteiger partial charge in [-0.25, -0.2) is 0 Å². The molecule has 0 aliphatic rings. The highest BCUT2D eigenvalue weighted by molar-refractivity contribution is 6.30. The van der Waals surface area contributed by atoms with Crippen molar-refractivity contribution >= 4 is 23.5 Å². The maximum Gasteiger partial charge on any atom is 0.323 e. The Balaban J connectivity index is 2.80. The van der Waals surface area contributed by atoms with Gasteiger partial charge in [-0.15, -0.1) is 0 Å². The van der Waals surface area contributed by atoms with Crippen molar-refractivity contribution in [2.24, 2.45) is 0 Å². The molecule has 1 amide bonds. The zero-order valence-electron chi connectivity index (χ0n) is 10.1. The van der Waals surface area contributed by atoms with E-state index in [1.807, 2.05) is 0 Å². The third-order valence-corrected chi connectivity index (χ3v) is 2.62. The largest absolute Gasteiger partial charge is 0.496 e. The van der Waals surface area contributed by atoms with Crippen molar-refractivity contribution in [1.82, 2.24) is 4.90 Å². The van der Waals surface area contributed by atoms with Crippen LogP contribution in [0.2, 0.25) is 5.02 Å². The Hall–Kier alpha value is -1.75. The zero-order valence-corrected chi connectivity index (χ0v) is 10.9. The van der Waals surface area contributed by atoms with Gasteiger partial charge in [0.15, 0.2) is 0 Å². The van der Waals surface area contributed by atoms with E-state index >= 15 is 0 Å². The number of halogens is 1. The summed E-state index contributed by atoms with van der Waals surface area (Å²) in [5, 5.41) is 9.10. The van der Waals surface area contributed by atoms with Crippen LogP contribution in [0, 0.1) is 0 Å². The number of carboxylic acid groups (broad SMARTS) is 1. The first-order valence-electron chi connectivity index (χ1n) is 5.22. The van der Waals surface area contributed by atoms with E-state index in [1.165, 1.54) is 14.2 Å². The smallest absolute Gasteiger partial charge is 0.323 e. The molecule has 0 bridgehead atoms. The van der Waals surface area contributed by atoms with E-state index in [0.29, 0.717) is 16.3 Å². The van der Waals surface area contributed by atoms with Crippen LogP contribution in [-0.2, 0) is 16.0 Å².